The number of hydrogen-bond donors (Lipinski definition) is 0. The normalized spacial score (nSPS) is 10.9. The quantitative estimate of drug-likeness (QED) is 0.750. The summed E-state index contributed by atoms with van der Waals surface area (Å²) in [5.41, 5.74) is 2.60. The number of hydrogen-bond acceptors (Lipinski definition) is 4. The van der Waals surface area contributed by atoms with Crippen LogP contribution >= 0.6 is 0 Å². The summed E-state index contributed by atoms with van der Waals surface area (Å²) < 4.78 is 5.02. The minimum atomic E-state index is 0.379. The molecule has 0 fully saturated rings. The molecule has 2 heterocycles. The summed E-state index contributed by atoms with van der Waals surface area (Å²) in [6.07, 6.45) is 3.49. The highest BCUT2D eigenvalue weighted by Gasteiger charge is 2.04. The standard InChI is InChI=1S/C11H13N3O/c1-7(2)9-5-12-8-4-11(15-3)13-6-10(8)14-9/h4-7H,1-3H3. The van der Waals surface area contributed by atoms with E-state index in [4.69, 9.17) is 4.74 Å². The highest BCUT2D eigenvalue weighted by atomic mass is 16.5. The first-order chi connectivity index (χ1) is 7.20. The number of methoxy groups -OCH3 is 1. The van der Waals surface area contributed by atoms with Gasteiger partial charge in [0.25, 0.3) is 0 Å². The fraction of sp³-hybridized carbons (Fsp3) is 0.364. The molecular weight excluding hydrogens is 190 g/mol. The summed E-state index contributed by atoms with van der Waals surface area (Å²) in [6.45, 7) is 4.18. The van der Waals surface area contributed by atoms with E-state index in [1.165, 1.54) is 0 Å². The smallest absolute Gasteiger partial charge is 0.215 e. The van der Waals surface area contributed by atoms with Gasteiger partial charge in [-0.05, 0) is 5.92 Å². The summed E-state index contributed by atoms with van der Waals surface area (Å²) in [5, 5.41) is 0. The zero-order chi connectivity index (χ0) is 10.8. The molecule has 2 aromatic heterocycles. The maximum atomic E-state index is 5.02. The van der Waals surface area contributed by atoms with E-state index in [9.17, 15) is 0 Å². The maximum Gasteiger partial charge on any atom is 0.215 e. The molecule has 0 bridgehead atoms. The Balaban J connectivity index is 2.55. The molecule has 0 radical (unpaired) electrons. The maximum absolute atomic E-state index is 5.02. The van der Waals surface area contributed by atoms with Crippen LogP contribution in [0.2, 0.25) is 0 Å². The van der Waals surface area contributed by atoms with E-state index in [1.54, 1.807) is 25.6 Å². The molecule has 2 aromatic rings. The number of nitrogens with zero attached hydrogens (tertiary/aromatic N) is 3. The van der Waals surface area contributed by atoms with Crippen molar-refractivity contribution in [3.05, 3.63) is 24.2 Å². The van der Waals surface area contributed by atoms with Crippen LogP contribution in [-0.4, -0.2) is 22.1 Å². The van der Waals surface area contributed by atoms with Crippen molar-refractivity contribution in [3.63, 3.8) is 0 Å². The van der Waals surface area contributed by atoms with Gasteiger partial charge in [0.2, 0.25) is 5.88 Å². The number of fused-ring (bicyclic) bond motifs is 1. The fourth-order valence-corrected chi connectivity index (χ4v) is 1.30. The summed E-state index contributed by atoms with van der Waals surface area (Å²) in [5.74, 6) is 0.943. The molecule has 0 N–H and O–H groups in total. The van der Waals surface area contributed by atoms with Crippen LogP contribution in [-0.2, 0) is 0 Å². The van der Waals surface area contributed by atoms with E-state index in [1.807, 2.05) is 0 Å². The Kier molecular flexibility index (Phi) is 2.49. The average Bonchev–Trinajstić information content (AvgIpc) is 2.27. The highest BCUT2D eigenvalue weighted by molar-refractivity contribution is 5.73. The lowest BCUT2D eigenvalue weighted by Crippen LogP contribution is -1.96. The van der Waals surface area contributed by atoms with Crippen molar-refractivity contribution in [2.24, 2.45) is 0 Å². The van der Waals surface area contributed by atoms with Crippen LogP contribution in [0.3, 0.4) is 0 Å². The third-order valence-corrected chi connectivity index (χ3v) is 2.22. The highest BCUT2D eigenvalue weighted by Crippen LogP contribution is 2.17. The largest absolute Gasteiger partial charge is 0.481 e. The summed E-state index contributed by atoms with van der Waals surface area (Å²) in [4.78, 5) is 12.9. The second-order valence-corrected chi connectivity index (χ2v) is 3.66. The van der Waals surface area contributed by atoms with Gasteiger partial charge in [-0.1, -0.05) is 13.8 Å². The van der Waals surface area contributed by atoms with Crippen LogP contribution in [0.4, 0.5) is 0 Å². The van der Waals surface area contributed by atoms with E-state index in [2.05, 4.69) is 28.8 Å². The first-order valence-corrected chi connectivity index (χ1v) is 4.87. The molecule has 0 saturated heterocycles. The molecule has 0 spiro atoms. The van der Waals surface area contributed by atoms with E-state index < -0.39 is 0 Å². The second kappa shape index (κ2) is 3.81. The van der Waals surface area contributed by atoms with Crippen molar-refractivity contribution in [2.75, 3.05) is 7.11 Å². The average molecular weight is 203 g/mol. The minimum Gasteiger partial charge on any atom is -0.481 e. The lowest BCUT2D eigenvalue weighted by molar-refractivity contribution is 0.398. The molecule has 15 heavy (non-hydrogen) atoms. The first kappa shape index (κ1) is 9.83. The molecule has 0 aromatic carbocycles. The molecule has 0 aliphatic carbocycles. The third-order valence-electron chi connectivity index (χ3n) is 2.22. The van der Waals surface area contributed by atoms with Crippen molar-refractivity contribution in [1.29, 1.82) is 0 Å². The van der Waals surface area contributed by atoms with Crippen LogP contribution in [0.1, 0.15) is 25.5 Å². The molecule has 0 aliphatic heterocycles. The Morgan fingerprint density at radius 3 is 2.60 bits per heavy atom. The number of aromatic nitrogens is 3. The number of pyridine rings is 1. The zero-order valence-electron chi connectivity index (χ0n) is 9.06. The molecule has 0 atom stereocenters. The Morgan fingerprint density at radius 1 is 1.13 bits per heavy atom. The molecular formula is C11H13N3O. The molecule has 4 nitrogen and oxygen atoms in total. The van der Waals surface area contributed by atoms with Crippen LogP contribution in [0.5, 0.6) is 5.88 Å². The Morgan fingerprint density at radius 2 is 1.93 bits per heavy atom. The molecule has 0 saturated carbocycles. The van der Waals surface area contributed by atoms with Crippen molar-refractivity contribution in [2.45, 2.75) is 19.8 Å². The van der Waals surface area contributed by atoms with E-state index in [-0.39, 0.29) is 0 Å². The lowest BCUT2D eigenvalue weighted by atomic mass is 10.1. The van der Waals surface area contributed by atoms with Gasteiger partial charge in [0.05, 0.1) is 24.5 Å². The predicted octanol–water partition coefficient (Wildman–Crippen LogP) is 2.16. The van der Waals surface area contributed by atoms with Gasteiger partial charge in [0.15, 0.2) is 0 Å². The van der Waals surface area contributed by atoms with Crippen LogP contribution in [0, 0.1) is 0 Å². The lowest BCUT2D eigenvalue weighted by Gasteiger charge is -2.05. The van der Waals surface area contributed by atoms with Crippen molar-refractivity contribution < 1.29 is 4.74 Å². The van der Waals surface area contributed by atoms with Gasteiger partial charge in [-0.25, -0.2) is 9.97 Å². The van der Waals surface area contributed by atoms with Crippen molar-refractivity contribution >= 4 is 11.0 Å². The van der Waals surface area contributed by atoms with E-state index in [0.717, 1.165) is 16.7 Å². The summed E-state index contributed by atoms with van der Waals surface area (Å²) in [7, 11) is 1.59. The zero-order valence-corrected chi connectivity index (χ0v) is 9.06. The molecule has 0 unspecified atom stereocenters. The van der Waals surface area contributed by atoms with Crippen LogP contribution < -0.4 is 4.74 Å². The summed E-state index contributed by atoms with van der Waals surface area (Å²) >= 11 is 0. The molecule has 4 heteroatoms. The number of ether oxygens (including phenoxy) is 1. The van der Waals surface area contributed by atoms with Gasteiger partial charge in [-0.15, -0.1) is 0 Å². The van der Waals surface area contributed by atoms with Gasteiger partial charge < -0.3 is 4.74 Å². The predicted molar refractivity (Wildman–Crippen MR) is 58.0 cm³/mol. The SMILES string of the molecule is COc1cc2ncc(C(C)C)nc2cn1. The Hall–Kier alpha value is -1.71. The third kappa shape index (κ3) is 1.88. The van der Waals surface area contributed by atoms with Gasteiger partial charge in [-0.2, -0.15) is 0 Å². The Bertz CT molecular complexity index is 482. The molecule has 78 valence electrons. The van der Waals surface area contributed by atoms with Crippen molar-refractivity contribution in [3.8, 4) is 5.88 Å². The molecule has 0 amide bonds. The second-order valence-electron chi connectivity index (χ2n) is 3.66. The first-order valence-electron chi connectivity index (χ1n) is 4.87. The van der Waals surface area contributed by atoms with Gasteiger partial charge in [0, 0.05) is 12.3 Å². The number of rotatable bonds is 2. The van der Waals surface area contributed by atoms with E-state index in [0.29, 0.717) is 11.8 Å². The minimum absolute atomic E-state index is 0.379. The van der Waals surface area contributed by atoms with Crippen LogP contribution in [0.25, 0.3) is 11.0 Å². The van der Waals surface area contributed by atoms with Gasteiger partial charge >= 0.3 is 0 Å². The Labute approximate surface area is 88.3 Å². The monoisotopic (exact) mass is 203 g/mol. The van der Waals surface area contributed by atoms with Crippen molar-refractivity contribution in [1.82, 2.24) is 15.0 Å². The topological polar surface area (TPSA) is 47.9 Å². The fourth-order valence-electron chi connectivity index (χ4n) is 1.30. The van der Waals surface area contributed by atoms with Gasteiger partial charge in [0.1, 0.15) is 5.52 Å². The van der Waals surface area contributed by atoms with E-state index >= 15 is 0 Å². The van der Waals surface area contributed by atoms with Crippen LogP contribution in [0.15, 0.2) is 18.5 Å². The van der Waals surface area contributed by atoms with Gasteiger partial charge in [-0.3, -0.25) is 4.98 Å². The molecule has 0 aliphatic rings. The summed E-state index contributed by atoms with van der Waals surface area (Å²) in [6, 6.07) is 1.78. The molecule has 2 rings (SSSR count).